The smallest absolute Gasteiger partial charge is 0.0763 e. The highest BCUT2D eigenvalue weighted by atomic mass is 14.8. The Morgan fingerprint density at radius 2 is 1.89 bits per heavy atom. The molecule has 0 unspecified atom stereocenters. The minimum Gasteiger partial charge on any atom is -0.387 e. The van der Waals surface area contributed by atoms with E-state index in [-0.39, 0.29) is 5.41 Å². The van der Waals surface area contributed by atoms with E-state index in [1.807, 2.05) is 7.05 Å². The Bertz CT molecular complexity index is 607. The maximum atomic E-state index is 4.93. The van der Waals surface area contributed by atoms with Crippen LogP contribution in [-0.2, 0) is 11.8 Å². The Kier molecular flexibility index (Phi) is 3.53. The SMILES string of the molecule is CCc1nc2c(C(C)(C)C)cccc2c(NC)c1C. The van der Waals surface area contributed by atoms with Gasteiger partial charge < -0.3 is 5.32 Å². The summed E-state index contributed by atoms with van der Waals surface area (Å²) in [5.74, 6) is 0. The molecule has 1 heterocycles. The standard InChI is InChI=1S/C17H24N2/c1-7-14-11(2)15(18-6)12-9-8-10-13(16(12)19-14)17(3,4)5/h8-10H,7H2,1-6H3,(H,18,19). The summed E-state index contributed by atoms with van der Waals surface area (Å²) >= 11 is 0. The fourth-order valence-corrected chi connectivity index (χ4v) is 2.70. The van der Waals surface area contributed by atoms with Gasteiger partial charge >= 0.3 is 0 Å². The summed E-state index contributed by atoms with van der Waals surface area (Å²) < 4.78 is 0. The van der Waals surface area contributed by atoms with Crippen molar-refractivity contribution in [3.63, 3.8) is 0 Å². The van der Waals surface area contributed by atoms with Crippen LogP contribution >= 0.6 is 0 Å². The van der Waals surface area contributed by atoms with Gasteiger partial charge in [-0.1, -0.05) is 45.9 Å². The van der Waals surface area contributed by atoms with Crippen molar-refractivity contribution in [2.45, 2.75) is 46.5 Å². The zero-order valence-corrected chi connectivity index (χ0v) is 12.9. The lowest BCUT2D eigenvalue weighted by Gasteiger charge is -2.23. The highest BCUT2D eigenvalue weighted by Crippen LogP contribution is 2.34. The molecule has 0 saturated carbocycles. The summed E-state index contributed by atoms with van der Waals surface area (Å²) in [5.41, 5.74) is 6.24. The highest BCUT2D eigenvalue weighted by Gasteiger charge is 2.20. The third-order valence-corrected chi connectivity index (χ3v) is 3.75. The van der Waals surface area contributed by atoms with E-state index >= 15 is 0 Å². The molecule has 2 heteroatoms. The van der Waals surface area contributed by atoms with E-state index in [1.165, 1.54) is 27.9 Å². The molecule has 0 amide bonds. The number of nitrogens with one attached hydrogen (secondary N) is 1. The second kappa shape index (κ2) is 4.84. The summed E-state index contributed by atoms with van der Waals surface area (Å²) in [5, 5.41) is 4.58. The molecule has 2 rings (SSSR count). The maximum absolute atomic E-state index is 4.93. The normalized spacial score (nSPS) is 11.9. The quantitative estimate of drug-likeness (QED) is 0.859. The van der Waals surface area contributed by atoms with Crippen molar-refractivity contribution in [2.75, 3.05) is 12.4 Å². The molecule has 0 fully saturated rings. The van der Waals surface area contributed by atoms with Crippen molar-refractivity contribution in [3.05, 3.63) is 35.0 Å². The number of hydrogen-bond donors (Lipinski definition) is 1. The van der Waals surface area contributed by atoms with Crippen LogP contribution in [0.25, 0.3) is 10.9 Å². The first-order chi connectivity index (χ1) is 8.90. The monoisotopic (exact) mass is 256 g/mol. The van der Waals surface area contributed by atoms with Crippen LogP contribution in [0.1, 0.15) is 44.5 Å². The molecule has 102 valence electrons. The summed E-state index contributed by atoms with van der Waals surface area (Å²) in [7, 11) is 1.99. The average molecular weight is 256 g/mol. The highest BCUT2D eigenvalue weighted by molar-refractivity contribution is 5.95. The van der Waals surface area contributed by atoms with Gasteiger partial charge in [-0.3, -0.25) is 4.98 Å². The predicted octanol–water partition coefficient (Wildman–Crippen LogP) is 4.44. The molecule has 19 heavy (non-hydrogen) atoms. The van der Waals surface area contributed by atoms with Crippen LogP contribution in [0.15, 0.2) is 18.2 Å². The third-order valence-electron chi connectivity index (χ3n) is 3.75. The molecule has 2 aromatic rings. The van der Waals surface area contributed by atoms with Gasteiger partial charge in [0.15, 0.2) is 0 Å². The molecule has 0 aliphatic heterocycles. The number of benzene rings is 1. The number of aromatic nitrogens is 1. The van der Waals surface area contributed by atoms with Crippen LogP contribution in [0.5, 0.6) is 0 Å². The van der Waals surface area contributed by atoms with E-state index in [0.29, 0.717) is 0 Å². The van der Waals surface area contributed by atoms with Crippen molar-refractivity contribution >= 4 is 16.6 Å². The molecule has 0 aliphatic rings. The van der Waals surface area contributed by atoms with Crippen LogP contribution < -0.4 is 5.32 Å². The van der Waals surface area contributed by atoms with Crippen LogP contribution in [0, 0.1) is 6.92 Å². The number of aryl methyl sites for hydroxylation is 1. The van der Waals surface area contributed by atoms with Crippen LogP contribution in [0.2, 0.25) is 0 Å². The average Bonchev–Trinajstić information content (AvgIpc) is 2.36. The first-order valence-corrected chi connectivity index (χ1v) is 7.00. The molecule has 0 radical (unpaired) electrons. The lowest BCUT2D eigenvalue weighted by Crippen LogP contribution is -2.13. The van der Waals surface area contributed by atoms with Crippen molar-refractivity contribution < 1.29 is 0 Å². The number of fused-ring (bicyclic) bond motifs is 1. The fraction of sp³-hybridized carbons (Fsp3) is 0.471. The van der Waals surface area contributed by atoms with Crippen molar-refractivity contribution in [1.82, 2.24) is 4.98 Å². The molecule has 1 N–H and O–H groups in total. The molecule has 2 nitrogen and oxygen atoms in total. The van der Waals surface area contributed by atoms with E-state index in [4.69, 9.17) is 4.98 Å². The van der Waals surface area contributed by atoms with Gasteiger partial charge in [0.05, 0.1) is 5.52 Å². The Labute approximate surface area is 116 Å². The van der Waals surface area contributed by atoms with Gasteiger partial charge in [0, 0.05) is 23.8 Å². The lowest BCUT2D eigenvalue weighted by atomic mass is 9.85. The number of pyridine rings is 1. The number of rotatable bonds is 2. The zero-order chi connectivity index (χ0) is 14.2. The second-order valence-electron chi connectivity index (χ2n) is 6.11. The molecule has 0 atom stereocenters. The summed E-state index contributed by atoms with van der Waals surface area (Å²) in [6.45, 7) is 11.1. The van der Waals surface area contributed by atoms with Gasteiger partial charge in [0.25, 0.3) is 0 Å². The largest absolute Gasteiger partial charge is 0.387 e. The van der Waals surface area contributed by atoms with E-state index < -0.39 is 0 Å². The number of hydrogen-bond acceptors (Lipinski definition) is 2. The van der Waals surface area contributed by atoms with E-state index in [0.717, 1.165) is 11.9 Å². The van der Waals surface area contributed by atoms with Crippen molar-refractivity contribution in [1.29, 1.82) is 0 Å². The summed E-state index contributed by atoms with van der Waals surface area (Å²) in [4.78, 5) is 4.93. The van der Waals surface area contributed by atoms with Gasteiger partial charge in [-0.2, -0.15) is 0 Å². The fourth-order valence-electron chi connectivity index (χ4n) is 2.70. The minimum atomic E-state index is 0.109. The van der Waals surface area contributed by atoms with E-state index in [2.05, 4.69) is 58.1 Å². The van der Waals surface area contributed by atoms with Gasteiger partial charge in [-0.25, -0.2) is 0 Å². The first kappa shape index (κ1) is 13.9. The zero-order valence-electron chi connectivity index (χ0n) is 12.9. The molecular weight excluding hydrogens is 232 g/mol. The molecule has 0 spiro atoms. The molecule has 0 aliphatic carbocycles. The van der Waals surface area contributed by atoms with Crippen LogP contribution in [-0.4, -0.2) is 12.0 Å². The molecule has 0 bridgehead atoms. The predicted molar refractivity (Wildman–Crippen MR) is 84.1 cm³/mol. The molecule has 1 aromatic carbocycles. The number of anilines is 1. The van der Waals surface area contributed by atoms with Crippen LogP contribution in [0.4, 0.5) is 5.69 Å². The van der Waals surface area contributed by atoms with Crippen molar-refractivity contribution in [2.24, 2.45) is 0 Å². The van der Waals surface area contributed by atoms with Crippen molar-refractivity contribution in [3.8, 4) is 0 Å². The third kappa shape index (κ3) is 2.32. The maximum Gasteiger partial charge on any atom is 0.0763 e. The molecular formula is C17H24N2. The summed E-state index contributed by atoms with van der Waals surface area (Å²) in [6, 6.07) is 6.50. The minimum absolute atomic E-state index is 0.109. The number of para-hydroxylation sites is 1. The number of nitrogens with zero attached hydrogens (tertiary/aromatic N) is 1. The van der Waals surface area contributed by atoms with E-state index in [1.54, 1.807) is 0 Å². The van der Waals surface area contributed by atoms with Crippen LogP contribution in [0.3, 0.4) is 0 Å². The summed E-state index contributed by atoms with van der Waals surface area (Å²) in [6.07, 6.45) is 0.967. The van der Waals surface area contributed by atoms with E-state index in [9.17, 15) is 0 Å². The van der Waals surface area contributed by atoms with Gasteiger partial charge in [-0.05, 0) is 29.9 Å². The second-order valence-corrected chi connectivity index (χ2v) is 6.11. The Balaban J connectivity index is 2.91. The first-order valence-electron chi connectivity index (χ1n) is 7.00. The lowest BCUT2D eigenvalue weighted by molar-refractivity contribution is 0.594. The molecule has 0 saturated heterocycles. The van der Waals surface area contributed by atoms with Gasteiger partial charge in [-0.15, -0.1) is 0 Å². The van der Waals surface area contributed by atoms with Gasteiger partial charge in [0.2, 0.25) is 0 Å². The van der Waals surface area contributed by atoms with Gasteiger partial charge in [0.1, 0.15) is 0 Å². The topological polar surface area (TPSA) is 24.9 Å². The molecule has 1 aromatic heterocycles. The Morgan fingerprint density at radius 3 is 2.42 bits per heavy atom. The Morgan fingerprint density at radius 1 is 1.21 bits per heavy atom. The Hall–Kier alpha value is -1.57.